The second-order valence-corrected chi connectivity index (χ2v) is 4.91. The van der Waals surface area contributed by atoms with Gasteiger partial charge >= 0.3 is 5.97 Å². The number of anilines is 1. The lowest BCUT2D eigenvalue weighted by Crippen LogP contribution is -2.45. The second-order valence-electron chi connectivity index (χ2n) is 4.91. The van der Waals surface area contributed by atoms with Crippen LogP contribution in [0.2, 0.25) is 0 Å². The largest absolute Gasteiger partial charge is 0.480 e. The smallest absolute Gasteiger partial charge is 0.327 e. The third-order valence-electron chi connectivity index (χ3n) is 3.83. The Kier molecular flexibility index (Phi) is 3.88. The van der Waals surface area contributed by atoms with Crippen molar-refractivity contribution in [3.63, 3.8) is 0 Å². The quantitative estimate of drug-likeness (QED) is 0.905. The lowest BCUT2D eigenvalue weighted by atomic mass is 10.0. The zero-order valence-corrected chi connectivity index (χ0v) is 11.3. The summed E-state index contributed by atoms with van der Waals surface area (Å²) in [7, 11) is 0. The minimum atomic E-state index is -0.935. The third-order valence-corrected chi connectivity index (χ3v) is 3.83. The fraction of sp³-hybridized carbons (Fsp3) is 0.467. The summed E-state index contributed by atoms with van der Waals surface area (Å²) in [5.41, 5.74) is 1.70. The standard InChI is InChI=1S/C15H19NO3/c1-3-10(4-2)14(17)16-12-8-6-5-7-11(12)9-13(16)15(18)19/h5-8,10,13H,3-4,9H2,1-2H3,(H,18,19)/t13-/m0/s1. The van der Waals surface area contributed by atoms with Crippen LogP contribution in [0.25, 0.3) is 0 Å². The van der Waals surface area contributed by atoms with E-state index in [1.54, 1.807) is 0 Å². The number of amides is 1. The average Bonchev–Trinajstić information content (AvgIpc) is 2.79. The number of nitrogens with zero attached hydrogens (tertiary/aromatic N) is 1. The lowest BCUT2D eigenvalue weighted by molar-refractivity contribution is -0.140. The molecule has 0 radical (unpaired) electrons. The summed E-state index contributed by atoms with van der Waals surface area (Å²) in [4.78, 5) is 25.4. The van der Waals surface area contributed by atoms with Crippen LogP contribution in [0.5, 0.6) is 0 Å². The first-order chi connectivity index (χ1) is 9.10. The zero-order valence-electron chi connectivity index (χ0n) is 11.3. The maximum Gasteiger partial charge on any atom is 0.327 e. The van der Waals surface area contributed by atoms with Crippen LogP contribution in [0, 0.1) is 5.92 Å². The highest BCUT2D eigenvalue weighted by atomic mass is 16.4. The molecule has 4 nitrogen and oxygen atoms in total. The summed E-state index contributed by atoms with van der Waals surface area (Å²) >= 11 is 0. The molecule has 4 heteroatoms. The van der Waals surface area contributed by atoms with Gasteiger partial charge < -0.3 is 5.11 Å². The topological polar surface area (TPSA) is 57.6 Å². The first-order valence-corrected chi connectivity index (χ1v) is 6.73. The number of benzene rings is 1. The molecule has 2 rings (SSSR count). The van der Waals surface area contributed by atoms with E-state index in [1.807, 2.05) is 38.1 Å². The van der Waals surface area contributed by atoms with Crippen LogP contribution in [0.15, 0.2) is 24.3 Å². The van der Waals surface area contributed by atoms with Crippen molar-refractivity contribution in [1.82, 2.24) is 0 Å². The Morgan fingerprint density at radius 1 is 1.32 bits per heavy atom. The molecule has 1 aromatic rings. The van der Waals surface area contributed by atoms with Gasteiger partial charge in [0.1, 0.15) is 6.04 Å². The van der Waals surface area contributed by atoms with Crippen LogP contribution in [-0.4, -0.2) is 23.0 Å². The number of fused-ring (bicyclic) bond motifs is 1. The van der Waals surface area contributed by atoms with Crippen molar-refractivity contribution in [3.05, 3.63) is 29.8 Å². The summed E-state index contributed by atoms with van der Waals surface area (Å²) < 4.78 is 0. The van der Waals surface area contributed by atoms with Crippen LogP contribution < -0.4 is 4.90 Å². The molecular formula is C15H19NO3. The summed E-state index contributed by atoms with van der Waals surface area (Å²) in [6, 6.07) is 6.69. The lowest BCUT2D eigenvalue weighted by Gasteiger charge is -2.26. The van der Waals surface area contributed by atoms with Crippen LogP contribution in [0.1, 0.15) is 32.3 Å². The molecule has 0 fully saturated rings. The molecule has 19 heavy (non-hydrogen) atoms. The predicted molar refractivity (Wildman–Crippen MR) is 73.1 cm³/mol. The Morgan fingerprint density at radius 2 is 1.95 bits per heavy atom. The van der Waals surface area contributed by atoms with Crippen LogP contribution in [0.3, 0.4) is 0 Å². The number of para-hydroxylation sites is 1. The van der Waals surface area contributed by atoms with Crippen molar-refractivity contribution in [2.24, 2.45) is 5.92 Å². The van der Waals surface area contributed by atoms with Gasteiger partial charge in [0, 0.05) is 18.0 Å². The van der Waals surface area contributed by atoms with Gasteiger partial charge in [0.2, 0.25) is 5.91 Å². The average molecular weight is 261 g/mol. The van der Waals surface area contributed by atoms with E-state index in [9.17, 15) is 14.7 Å². The normalized spacial score (nSPS) is 17.6. The third kappa shape index (κ3) is 2.35. The van der Waals surface area contributed by atoms with Crippen LogP contribution in [-0.2, 0) is 16.0 Å². The molecule has 0 saturated carbocycles. The second kappa shape index (κ2) is 5.43. The molecule has 0 aliphatic carbocycles. The van der Waals surface area contributed by atoms with Gasteiger partial charge in [-0.3, -0.25) is 9.69 Å². The summed E-state index contributed by atoms with van der Waals surface area (Å²) in [5.74, 6) is -1.11. The molecule has 1 N–H and O–H groups in total. The van der Waals surface area contributed by atoms with Crippen molar-refractivity contribution >= 4 is 17.6 Å². The molecule has 1 atom stereocenters. The van der Waals surface area contributed by atoms with Gasteiger partial charge in [0.05, 0.1) is 0 Å². The highest BCUT2D eigenvalue weighted by molar-refractivity contribution is 6.02. The van der Waals surface area contributed by atoms with Crippen molar-refractivity contribution < 1.29 is 14.7 Å². The van der Waals surface area contributed by atoms with Gasteiger partial charge in [-0.2, -0.15) is 0 Å². The number of carboxylic acids is 1. The molecule has 1 aromatic carbocycles. The van der Waals surface area contributed by atoms with Gasteiger partial charge in [-0.25, -0.2) is 4.79 Å². The van der Waals surface area contributed by atoms with E-state index < -0.39 is 12.0 Å². The van der Waals surface area contributed by atoms with E-state index >= 15 is 0 Å². The maximum absolute atomic E-state index is 12.5. The monoisotopic (exact) mass is 261 g/mol. The highest BCUT2D eigenvalue weighted by Gasteiger charge is 2.39. The fourth-order valence-electron chi connectivity index (χ4n) is 2.69. The van der Waals surface area contributed by atoms with Crippen LogP contribution >= 0.6 is 0 Å². The van der Waals surface area contributed by atoms with E-state index in [1.165, 1.54) is 4.90 Å². The van der Waals surface area contributed by atoms with Gasteiger partial charge in [-0.05, 0) is 24.5 Å². The molecule has 1 aliphatic heterocycles. The van der Waals surface area contributed by atoms with Crippen molar-refractivity contribution in [3.8, 4) is 0 Å². The Balaban J connectivity index is 2.39. The minimum Gasteiger partial charge on any atom is -0.480 e. The summed E-state index contributed by atoms with van der Waals surface area (Å²) in [6.07, 6.45) is 1.87. The molecule has 102 valence electrons. The molecule has 1 heterocycles. The van der Waals surface area contributed by atoms with Crippen LogP contribution in [0.4, 0.5) is 5.69 Å². The number of hydrogen-bond acceptors (Lipinski definition) is 2. The minimum absolute atomic E-state index is 0.0673. The summed E-state index contributed by atoms with van der Waals surface area (Å²) in [5, 5.41) is 9.34. The number of aliphatic carboxylic acids is 1. The van der Waals surface area contributed by atoms with E-state index in [0.29, 0.717) is 6.42 Å². The molecular weight excluding hydrogens is 242 g/mol. The molecule has 0 saturated heterocycles. The maximum atomic E-state index is 12.5. The Bertz CT molecular complexity index is 494. The molecule has 0 unspecified atom stereocenters. The number of carboxylic acid groups (broad SMARTS) is 1. The van der Waals surface area contributed by atoms with E-state index in [-0.39, 0.29) is 11.8 Å². The van der Waals surface area contributed by atoms with Gasteiger partial charge in [-0.1, -0.05) is 32.0 Å². The number of rotatable bonds is 4. The van der Waals surface area contributed by atoms with Crippen molar-refractivity contribution in [1.29, 1.82) is 0 Å². The highest BCUT2D eigenvalue weighted by Crippen LogP contribution is 2.34. The Morgan fingerprint density at radius 3 is 2.53 bits per heavy atom. The number of carbonyl (C=O) groups excluding carboxylic acids is 1. The SMILES string of the molecule is CCC(CC)C(=O)N1c2ccccc2C[C@H]1C(=O)O. The number of carbonyl (C=O) groups is 2. The van der Waals surface area contributed by atoms with Gasteiger partial charge in [-0.15, -0.1) is 0 Å². The molecule has 1 aliphatic rings. The first-order valence-electron chi connectivity index (χ1n) is 6.73. The van der Waals surface area contributed by atoms with E-state index in [0.717, 1.165) is 24.1 Å². The Labute approximate surface area is 113 Å². The first kappa shape index (κ1) is 13.6. The van der Waals surface area contributed by atoms with Gasteiger partial charge in [0.25, 0.3) is 0 Å². The van der Waals surface area contributed by atoms with Gasteiger partial charge in [0.15, 0.2) is 0 Å². The number of hydrogen-bond donors (Lipinski definition) is 1. The predicted octanol–water partition coefficient (Wildman–Crippen LogP) is 2.47. The van der Waals surface area contributed by atoms with E-state index in [4.69, 9.17) is 0 Å². The van der Waals surface area contributed by atoms with Crippen molar-refractivity contribution in [2.75, 3.05) is 4.90 Å². The molecule has 1 amide bonds. The zero-order chi connectivity index (χ0) is 14.0. The molecule has 0 aromatic heterocycles. The molecule has 0 bridgehead atoms. The summed E-state index contributed by atoms with van der Waals surface area (Å²) in [6.45, 7) is 3.92. The van der Waals surface area contributed by atoms with E-state index in [2.05, 4.69) is 0 Å². The molecule has 0 spiro atoms. The fourth-order valence-corrected chi connectivity index (χ4v) is 2.69. The Hall–Kier alpha value is -1.84. The van der Waals surface area contributed by atoms with Crippen molar-refractivity contribution in [2.45, 2.75) is 39.2 Å².